The van der Waals surface area contributed by atoms with Crippen LogP contribution in [-0.4, -0.2) is 29.4 Å². The van der Waals surface area contributed by atoms with E-state index in [2.05, 4.69) is 4.98 Å². The molecule has 0 aliphatic heterocycles. The molecule has 0 bridgehead atoms. The lowest BCUT2D eigenvalue weighted by molar-refractivity contribution is 0.0797. The molecule has 1 amide bonds. The van der Waals surface area contributed by atoms with Crippen molar-refractivity contribution in [1.29, 1.82) is 0 Å². The third-order valence-corrected chi connectivity index (χ3v) is 3.62. The van der Waals surface area contributed by atoms with Gasteiger partial charge in [-0.05, 0) is 25.1 Å². The van der Waals surface area contributed by atoms with Crippen LogP contribution in [0.25, 0.3) is 0 Å². The van der Waals surface area contributed by atoms with E-state index in [0.29, 0.717) is 6.54 Å². The molecule has 0 aliphatic rings. The van der Waals surface area contributed by atoms with Gasteiger partial charge in [0.1, 0.15) is 0 Å². The molecule has 0 aromatic carbocycles. The number of likely N-dealkylation sites (N-methyl/N-ethyl adjacent to an activating group) is 1. The molecule has 0 atom stereocenters. The average Bonchev–Trinajstić information content (AvgIpc) is 2.83. The molecule has 2 heterocycles. The van der Waals surface area contributed by atoms with Gasteiger partial charge in [0.05, 0.1) is 5.56 Å². The average molecular weight is 260 g/mol. The standard InChI is InChI=1S/C14H16N2OS/c1-11-9-12(10-18-11)14(17)16(2)8-6-13-5-3-4-7-15-13/h3-5,7,9-10H,6,8H2,1-2H3. The Balaban J connectivity index is 1.92. The quantitative estimate of drug-likeness (QED) is 0.847. The highest BCUT2D eigenvalue weighted by Gasteiger charge is 2.12. The van der Waals surface area contributed by atoms with Crippen molar-refractivity contribution in [1.82, 2.24) is 9.88 Å². The molecular formula is C14H16N2OS. The number of nitrogens with zero attached hydrogens (tertiary/aromatic N) is 2. The minimum atomic E-state index is 0.0790. The van der Waals surface area contributed by atoms with Crippen molar-refractivity contribution in [3.63, 3.8) is 0 Å². The lowest BCUT2D eigenvalue weighted by Gasteiger charge is -2.16. The second kappa shape index (κ2) is 5.78. The van der Waals surface area contributed by atoms with E-state index in [1.54, 1.807) is 22.4 Å². The van der Waals surface area contributed by atoms with Crippen molar-refractivity contribution >= 4 is 17.2 Å². The molecule has 3 nitrogen and oxygen atoms in total. The highest BCUT2D eigenvalue weighted by atomic mass is 32.1. The Bertz CT molecular complexity index is 522. The largest absolute Gasteiger partial charge is 0.341 e. The fraction of sp³-hybridized carbons (Fsp3) is 0.286. The topological polar surface area (TPSA) is 33.2 Å². The van der Waals surface area contributed by atoms with Crippen LogP contribution in [-0.2, 0) is 6.42 Å². The van der Waals surface area contributed by atoms with Crippen LogP contribution in [0.4, 0.5) is 0 Å². The van der Waals surface area contributed by atoms with Gasteiger partial charge in [0, 0.05) is 42.2 Å². The van der Waals surface area contributed by atoms with Gasteiger partial charge in [-0.15, -0.1) is 11.3 Å². The number of aryl methyl sites for hydroxylation is 1. The molecule has 0 N–H and O–H groups in total. The summed E-state index contributed by atoms with van der Waals surface area (Å²) in [6.45, 7) is 2.69. The lowest BCUT2D eigenvalue weighted by Crippen LogP contribution is -2.28. The summed E-state index contributed by atoms with van der Waals surface area (Å²) in [5.74, 6) is 0.0790. The number of carbonyl (C=O) groups is 1. The summed E-state index contributed by atoms with van der Waals surface area (Å²) in [5, 5.41) is 1.91. The second-order valence-corrected chi connectivity index (χ2v) is 5.36. The molecule has 0 saturated carbocycles. The first-order chi connectivity index (χ1) is 8.66. The molecule has 2 rings (SSSR count). The molecule has 0 spiro atoms. The SMILES string of the molecule is Cc1cc(C(=O)N(C)CCc2ccccn2)cs1. The fourth-order valence-electron chi connectivity index (χ4n) is 1.71. The number of aromatic nitrogens is 1. The van der Waals surface area contributed by atoms with Gasteiger partial charge in [-0.2, -0.15) is 0 Å². The first-order valence-electron chi connectivity index (χ1n) is 5.87. The number of carbonyl (C=O) groups excluding carboxylic acids is 1. The Kier molecular flexibility index (Phi) is 4.10. The fourth-order valence-corrected chi connectivity index (χ4v) is 2.38. The second-order valence-electron chi connectivity index (χ2n) is 4.24. The smallest absolute Gasteiger partial charge is 0.254 e. The summed E-state index contributed by atoms with van der Waals surface area (Å²) in [7, 11) is 1.83. The van der Waals surface area contributed by atoms with Crippen molar-refractivity contribution in [3.8, 4) is 0 Å². The Morgan fingerprint density at radius 3 is 2.89 bits per heavy atom. The van der Waals surface area contributed by atoms with E-state index in [-0.39, 0.29) is 5.91 Å². The molecule has 0 radical (unpaired) electrons. The van der Waals surface area contributed by atoms with Gasteiger partial charge < -0.3 is 4.90 Å². The number of rotatable bonds is 4. The molecule has 0 unspecified atom stereocenters. The number of thiophene rings is 1. The van der Waals surface area contributed by atoms with Gasteiger partial charge in [-0.25, -0.2) is 0 Å². The number of hydrogen-bond donors (Lipinski definition) is 0. The normalized spacial score (nSPS) is 10.3. The van der Waals surface area contributed by atoms with E-state index in [1.807, 2.05) is 43.6 Å². The first kappa shape index (κ1) is 12.8. The zero-order chi connectivity index (χ0) is 13.0. The third kappa shape index (κ3) is 3.17. The number of hydrogen-bond acceptors (Lipinski definition) is 3. The van der Waals surface area contributed by atoms with Crippen LogP contribution in [0.1, 0.15) is 20.9 Å². The van der Waals surface area contributed by atoms with Gasteiger partial charge in [0.25, 0.3) is 5.91 Å². The molecule has 2 aromatic heterocycles. The van der Waals surface area contributed by atoms with E-state index in [4.69, 9.17) is 0 Å². The Hall–Kier alpha value is -1.68. The van der Waals surface area contributed by atoms with Gasteiger partial charge in [-0.3, -0.25) is 9.78 Å². The van der Waals surface area contributed by atoms with Gasteiger partial charge in [0.15, 0.2) is 0 Å². The van der Waals surface area contributed by atoms with Crippen molar-refractivity contribution in [2.24, 2.45) is 0 Å². The summed E-state index contributed by atoms with van der Waals surface area (Å²) >= 11 is 1.60. The third-order valence-electron chi connectivity index (χ3n) is 2.75. The van der Waals surface area contributed by atoms with Gasteiger partial charge >= 0.3 is 0 Å². The lowest BCUT2D eigenvalue weighted by atomic mass is 10.2. The Morgan fingerprint density at radius 1 is 1.44 bits per heavy atom. The van der Waals surface area contributed by atoms with Crippen molar-refractivity contribution in [2.45, 2.75) is 13.3 Å². The van der Waals surface area contributed by atoms with E-state index in [1.165, 1.54) is 0 Å². The molecule has 0 saturated heterocycles. The van der Waals surface area contributed by atoms with Crippen LogP contribution in [0, 0.1) is 6.92 Å². The van der Waals surface area contributed by atoms with E-state index >= 15 is 0 Å². The molecule has 4 heteroatoms. The summed E-state index contributed by atoms with van der Waals surface area (Å²) in [6.07, 6.45) is 2.56. The molecule has 0 aliphatic carbocycles. The molecule has 0 fully saturated rings. The first-order valence-corrected chi connectivity index (χ1v) is 6.75. The van der Waals surface area contributed by atoms with Crippen LogP contribution >= 0.6 is 11.3 Å². The Labute approximate surface area is 111 Å². The summed E-state index contributed by atoms with van der Waals surface area (Å²) in [6, 6.07) is 7.77. The minimum absolute atomic E-state index is 0.0790. The summed E-state index contributed by atoms with van der Waals surface area (Å²) in [5.41, 5.74) is 1.79. The van der Waals surface area contributed by atoms with Crippen LogP contribution < -0.4 is 0 Å². The van der Waals surface area contributed by atoms with Crippen LogP contribution in [0.15, 0.2) is 35.8 Å². The number of amides is 1. The zero-order valence-corrected chi connectivity index (χ0v) is 11.4. The summed E-state index contributed by atoms with van der Waals surface area (Å²) in [4.78, 5) is 19.3. The van der Waals surface area contributed by atoms with E-state index in [0.717, 1.165) is 22.6 Å². The van der Waals surface area contributed by atoms with Gasteiger partial charge in [-0.1, -0.05) is 6.07 Å². The van der Waals surface area contributed by atoms with Crippen LogP contribution in [0.3, 0.4) is 0 Å². The van der Waals surface area contributed by atoms with Crippen molar-refractivity contribution in [3.05, 3.63) is 52.0 Å². The minimum Gasteiger partial charge on any atom is -0.341 e. The molecular weight excluding hydrogens is 244 g/mol. The monoisotopic (exact) mass is 260 g/mol. The van der Waals surface area contributed by atoms with E-state index in [9.17, 15) is 4.79 Å². The van der Waals surface area contributed by atoms with Gasteiger partial charge in [0.2, 0.25) is 0 Å². The highest BCUT2D eigenvalue weighted by Crippen LogP contribution is 2.14. The van der Waals surface area contributed by atoms with Crippen molar-refractivity contribution in [2.75, 3.05) is 13.6 Å². The number of pyridine rings is 1. The Morgan fingerprint density at radius 2 is 2.28 bits per heavy atom. The predicted octanol–water partition coefficient (Wildman–Crippen LogP) is 2.77. The maximum Gasteiger partial charge on any atom is 0.254 e. The van der Waals surface area contributed by atoms with Crippen LogP contribution in [0.5, 0.6) is 0 Å². The predicted molar refractivity (Wildman–Crippen MR) is 74.0 cm³/mol. The zero-order valence-electron chi connectivity index (χ0n) is 10.6. The van der Waals surface area contributed by atoms with Crippen LogP contribution in [0.2, 0.25) is 0 Å². The maximum absolute atomic E-state index is 12.1. The summed E-state index contributed by atoms with van der Waals surface area (Å²) < 4.78 is 0. The molecule has 18 heavy (non-hydrogen) atoms. The highest BCUT2D eigenvalue weighted by molar-refractivity contribution is 7.10. The van der Waals surface area contributed by atoms with E-state index < -0.39 is 0 Å². The maximum atomic E-state index is 12.1. The molecule has 94 valence electrons. The van der Waals surface area contributed by atoms with Crippen molar-refractivity contribution < 1.29 is 4.79 Å². The molecule has 2 aromatic rings.